The van der Waals surface area contributed by atoms with E-state index < -0.39 is 0 Å². The quantitative estimate of drug-likeness (QED) is 0.222. The van der Waals surface area contributed by atoms with Gasteiger partial charge in [-0.3, -0.25) is 9.97 Å². The molecule has 3 nitrogen and oxygen atoms in total. The van der Waals surface area contributed by atoms with Gasteiger partial charge in [0.25, 0.3) is 0 Å². The number of benzene rings is 5. The number of anilines is 3. The lowest BCUT2D eigenvalue weighted by atomic mass is 9.35. The molecule has 0 amide bonds. The van der Waals surface area contributed by atoms with Crippen LogP contribution in [0.4, 0.5) is 17.1 Å². The van der Waals surface area contributed by atoms with Crippen LogP contribution in [-0.2, 0) is 0 Å². The molecule has 0 fully saturated rings. The third kappa shape index (κ3) is 4.16. The zero-order chi connectivity index (χ0) is 27.9. The topological polar surface area (TPSA) is 29.0 Å². The van der Waals surface area contributed by atoms with Crippen molar-refractivity contribution >= 4 is 50.9 Å². The maximum atomic E-state index is 4.88. The lowest BCUT2D eigenvalue weighted by Gasteiger charge is -2.37. The highest BCUT2D eigenvalue weighted by atomic mass is 15.1. The lowest BCUT2D eigenvalue weighted by molar-refractivity contribution is 1.29. The van der Waals surface area contributed by atoms with Crippen LogP contribution in [-0.4, -0.2) is 16.7 Å². The van der Waals surface area contributed by atoms with Crippen LogP contribution in [0.5, 0.6) is 0 Å². The molecule has 1 aliphatic rings. The summed E-state index contributed by atoms with van der Waals surface area (Å²) >= 11 is 0. The van der Waals surface area contributed by atoms with Gasteiger partial charge in [-0.05, 0) is 69.9 Å². The Morgan fingerprint density at radius 3 is 2.12 bits per heavy atom. The van der Waals surface area contributed by atoms with Gasteiger partial charge in [0, 0.05) is 34.8 Å². The molecule has 0 spiro atoms. The molecule has 196 valence electrons. The first-order valence-electron chi connectivity index (χ1n) is 14.3. The van der Waals surface area contributed by atoms with E-state index in [2.05, 4.69) is 143 Å². The van der Waals surface area contributed by atoms with Crippen molar-refractivity contribution in [2.45, 2.75) is 0 Å². The summed E-state index contributed by atoms with van der Waals surface area (Å²) in [5.41, 5.74) is 11.5. The zero-order valence-electron chi connectivity index (χ0n) is 22.9. The summed E-state index contributed by atoms with van der Waals surface area (Å²) in [7, 11) is 0. The van der Waals surface area contributed by atoms with Gasteiger partial charge < -0.3 is 4.90 Å². The number of hydrogen-bond acceptors (Lipinski definition) is 3. The summed E-state index contributed by atoms with van der Waals surface area (Å²) in [6, 6.07) is 51.8. The van der Waals surface area contributed by atoms with Gasteiger partial charge in [-0.2, -0.15) is 0 Å². The van der Waals surface area contributed by atoms with Crippen molar-refractivity contribution in [3.63, 3.8) is 0 Å². The van der Waals surface area contributed by atoms with Crippen molar-refractivity contribution < 1.29 is 0 Å². The number of rotatable bonds is 4. The predicted octanol–water partition coefficient (Wildman–Crippen LogP) is 7.26. The number of aromatic nitrogens is 2. The van der Waals surface area contributed by atoms with Crippen molar-refractivity contribution in [3.8, 4) is 22.5 Å². The van der Waals surface area contributed by atoms with Crippen molar-refractivity contribution in [1.82, 2.24) is 9.97 Å². The second-order valence-electron chi connectivity index (χ2n) is 10.7. The Morgan fingerprint density at radius 1 is 0.476 bits per heavy atom. The summed E-state index contributed by atoms with van der Waals surface area (Å²) in [6.45, 7) is 0.0419. The van der Waals surface area contributed by atoms with Crippen LogP contribution in [0.15, 0.2) is 158 Å². The first-order valence-corrected chi connectivity index (χ1v) is 14.3. The van der Waals surface area contributed by atoms with Gasteiger partial charge in [0.05, 0.1) is 11.4 Å². The highest BCUT2D eigenvalue weighted by Gasteiger charge is 2.35. The lowest BCUT2D eigenvalue weighted by Crippen LogP contribution is -2.57. The van der Waals surface area contributed by atoms with E-state index >= 15 is 0 Å². The molecule has 0 bridgehead atoms. The van der Waals surface area contributed by atoms with Crippen molar-refractivity contribution in [3.05, 3.63) is 158 Å². The van der Waals surface area contributed by atoms with E-state index in [1.165, 1.54) is 33.1 Å². The first-order chi connectivity index (χ1) is 20.8. The molecule has 5 aromatic carbocycles. The van der Waals surface area contributed by atoms with E-state index in [0.29, 0.717) is 0 Å². The number of fused-ring (bicyclic) bond motifs is 3. The minimum absolute atomic E-state index is 0.0419. The van der Waals surface area contributed by atoms with E-state index in [9.17, 15) is 0 Å². The summed E-state index contributed by atoms with van der Waals surface area (Å²) in [5.74, 6) is 0. The molecule has 42 heavy (non-hydrogen) atoms. The van der Waals surface area contributed by atoms with Gasteiger partial charge in [-0.1, -0.05) is 109 Å². The molecule has 8 rings (SSSR count). The maximum Gasteiger partial charge on any atom is 0.246 e. The summed E-state index contributed by atoms with van der Waals surface area (Å²) in [6.07, 6.45) is 3.83. The molecule has 0 radical (unpaired) electrons. The van der Waals surface area contributed by atoms with Crippen LogP contribution in [0.25, 0.3) is 33.3 Å². The van der Waals surface area contributed by atoms with E-state index in [4.69, 9.17) is 4.98 Å². The number of nitrogens with zero attached hydrogens (tertiary/aromatic N) is 3. The van der Waals surface area contributed by atoms with Crippen LogP contribution in [0, 0.1) is 0 Å². The molecular weight excluding hydrogens is 509 g/mol. The fourth-order valence-corrected chi connectivity index (χ4v) is 6.25. The minimum Gasteiger partial charge on any atom is -0.312 e. The fourth-order valence-electron chi connectivity index (χ4n) is 6.25. The zero-order valence-corrected chi connectivity index (χ0v) is 22.9. The monoisotopic (exact) mass is 535 g/mol. The highest BCUT2D eigenvalue weighted by Crippen LogP contribution is 2.37. The summed E-state index contributed by atoms with van der Waals surface area (Å²) in [5, 5.41) is 2.34. The Hall–Kier alpha value is -5.48. The Balaban J connectivity index is 1.36. The van der Waals surface area contributed by atoms with Crippen LogP contribution >= 0.6 is 0 Å². The molecule has 7 aromatic rings. The molecule has 0 unspecified atom stereocenters. The Kier molecular flexibility index (Phi) is 5.89. The summed E-state index contributed by atoms with van der Waals surface area (Å²) in [4.78, 5) is 11.9. The SMILES string of the molecule is c1ccc(N2c3ccccc3B(c3cccc(-c4ccccn4)c3)c3cc(-c4cc5ccccc5cn4)ccc32)cc1. The van der Waals surface area contributed by atoms with Crippen molar-refractivity contribution in [2.75, 3.05) is 4.90 Å². The Labute approximate surface area is 245 Å². The third-order valence-electron chi connectivity index (χ3n) is 8.19. The standard InChI is InChI=1S/C38H26BN3/c1-2-15-32(16-3-1)42-37-19-7-6-17-33(37)39(31-14-10-13-28(23-31)35-18-8-9-22-40-35)34-24-29(20-21-38(34)42)36-25-27-11-4-5-12-30(27)26-41-36/h1-26H. The van der Waals surface area contributed by atoms with Crippen LogP contribution in [0.2, 0.25) is 0 Å². The van der Waals surface area contributed by atoms with Gasteiger partial charge in [-0.15, -0.1) is 0 Å². The molecule has 0 aliphatic carbocycles. The van der Waals surface area contributed by atoms with Gasteiger partial charge in [0.15, 0.2) is 0 Å². The van der Waals surface area contributed by atoms with E-state index in [1.807, 2.05) is 24.5 Å². The molecule has 0 saturated carbocycles. The van der Waals surface area contributed by atoms with E-state index in [-0.39, 0.29) is 6.71 Å². The largest absolute Gasteiger partial charge is 0.312 e. The fraction of sp³-hybridized carbons (Fsp3) is 0. The normalized spacial score (nSPS) is 12.2. The van der Waals surface area contributed by atoms with E-state index in [0.717, 1.165) is 33.6 Å². The summed E-state index contributed by atoms with van der Waals surface area (Å²) < 4.78 is 0. The number of para-hydroxylation sites is 2. The maximum absolute atomic E-state index is 4.88. The Bertz CT molecular complexity index is 2060. The third-order valence-corrected chi connectivity index (χ3v) is 8.19. The van der Waals surface area contributed by atoms with Crippen molar-refractivity contribution in [2.24, 2.45) is 0 Å². The van der Waals surface area contributed by atoms with Gasteiger partial charge in [0.1, 0.15) is 0 Å². The van der Waals surface area contributed by atoms with Crippen LogP contribution in [0.3, 0.4) is 0 Å². The van der Waals surface area contributed by atoms with Gasteiger partial charge in [-0.25, -0.2) is 0 Å². The molecule has 4 heteroatoms. The predicted molar refractivity (Wildman–Crippen MR) is 176 cm³/mol. The van der Waals surface area contributed by atoms with E-state index in [1.54, 1.807) is 0 Å². The molecule has 1 aliphatic heterocycles. The van der Waals surface area contributed by atoms with Crippen LogP contribution in [0.1, 0.15) is 0 Å². The van der Waals surface area contributed by atoms with Crippen molar-refractivity contribution in [1.29, 1.82) is 0 Å². The molecule has 2 aromatic heterocycles. The molecule has 3 heterocycles. The number of hydrogen-bond donors (Lipinski definition) is 0. The smallest absolute Gasteiger partial charge is 0.246 e. The highest BCUT2D eigenvalue weighted by molar-refractivity contribution is 6.98. The average molecular weight is 535 g/mol. The minimum atomic E-state index is 0.0419. The number of pyridine rings is 2. The second-order valence-corrected chi connectivity index (χ2v) is 10.7. The molecular formula is C38H26BN3. The molecule has 0 N–H and O–H groups in total. The average Bonchev–Trinajstić information content (AvgIpc) is 3.07. The van der Waals surface area contributed by atoms with Gasteiger partial charge >= 0.3 is 0 Å². The Morgan fingerprint density at radius 2 is 1.24 bits per heavy atom. The second kappa shape index (κ2) is 10.2. The first kappa shape index (κ1) is 24.3. The molecule has 0 atom stereocenters. The molecule has 0 saturated heterocycles. The van der Waals surface area contributed by atoms with Crippen LogP contribution < -0.4 is 21.3 Å². The van der Waals surface area contributed by atoms with Gasteiger partial charge in [0.2, 0.25) is 6.71 Å².